The number of aliphatic imine (C=N–C) groups is 1. The number of hydrogen-bond acceptors (Lipinski definition) is 6. The molecule has 0 aliphatic heterocycles. The third kappa shape index (κ3) is 7.15. The van der Waals surface area contributed by atoms with Gasteiger partial charge in [0, 0.05) is 0 Å². The minimum Gasteiger partial charge on any atom is -0.370 e. The number of aromatic nitrogens is 5. The lowest BCUT2D eigenvalue weighted by Crippen LogP contribution is -2.22. The Kier molecular flexibility index (Phi) is 9.16. The fraction of sp³-hybridized carbons (Fsp3) is 0.706. The lowest BCUT2D eigenvalue weighted by molar-refractivity contribution is 0.563. The van der Waals surface area contributed by atoms with Crippen molar-refractivity contribution >= 4 is 29.4 Å². The molecule has 0 amide bonds. The average Bonchev–Trinajstić information content (AvgIpc) is 3.01. The highest BCUT2D eigenvalue weighted by atomic mass is 32.2. The molecule has 0 fully saturated rings. The molecule has 2 aromatic rings. The van der Waals surface area contributed by atoms with Crippen LogP contribution in [0, 0.1) is 0 Å². The van der Waals surface area contributed by atoms with E-state index in [1.165, 1.54) is 64.2 Å². The van der Waals surface area contributed by atoms with Crippen LogP contribution in [0.2, 0.25) is 0 Å². The predicted molar refractivity (Wildman–Crippen MR) is 107 cm³/mol. The summed E-state index contributed by atoms with van der Waals surface area (Å²) in [5.41, 5.74) is 10.7. The molecule has 0 saturated carbocycles. The molecule has 9 heteroatoms. The standard InChI is InChI=1S/C17H30N8S/c1-2-3-4-5-6-7-8-9-10-11-12-26-14-13-20-17-23-22-16(21-15(18)19)24-25(14)17/h13H,2-12H2,1H3,(H4,18,19,21,24). The normalized spacial score (nSPS) is 11.1. The van der Waals surface area contributed by atoms with Gasteiger partial charge in [-0.15, -0.1) is 27.1 Å². The summed E-state index contributed by atoms with van der Waals surface area (Å²) in [4.78, 5) is 8.03. The van der Waals surface area contributed by atoms with E-state index in [0.29, 0.717) is 5.78 Å². The Morgan fingerprint density at radius 3 is 2.31 bits per heavy atom. The van der Waals surface area contributed by atoms with Crippen molar-refractivity contribution in [2.45, 2.75) is 76.2 Å². The van der Waals surface area contributed by atoms with Crippen LogP contribution in [0.25, 0.3) is 5.78 Å². The quantitative estimate of drug-likeness (QED) is 0.237. The molecule has 8 nitrogen and oxygen atoms in total. The highest BCUT2D eigenvalue weighted by molar-refractivity contribution is 7.99. The van der Waals surface area contributed by atoms with Crippen molar-refractivity contribution in [2.24, 2.45) is 16.5 Å². The number of nitrogens with two attached hydrogens (primary N) is 2. The molecule has 2 rings (SSSR count). The van der Waals surface area contributed by atoms with Gasteiger partial charge in [0.1, 0.15) is 5.03 Å². The van der Waals surface area contributed by atoms with E-state index in [0.717, 1.165) is 10.8 Å². The topological polar surface area (TPSA) is 120 Å². The second-order valence-electron chi connectivity index (χ2n) is 6.38. The van der Waals surface area contributed by atoms with Crippen molar-refractivity contribution in [1.82, 2.24) is 24.8 Å². The number of imidazole rings is 1. The zero-order valence-electron chi connectivity index (χ0n) is 15.6. The zero-order chi connectivity index (χ0) is 18.6. The summed E-state index contributed by atoms with van der Waals surface area (Å²) in [5.74, 6) is 1.53. The summed E-state index contributed by atoms with van der Waals surface area (Å²) in [6.45, 7) is 2.26. The summed E-state index contributed by atoms with van der Waals surface area (Å²) in [7, 11) is 0. The van der Waals surface area contributed by atoms with Gasteiger partial charge in [-0.3, -0.25) is 0 Å². The Morgan fingerprint density at radius 2 is 1.65 bits per heavy atom. The Hall–Kier alpha value is -1.90. The van der Waals surface area contributed by atoms with E-state index in [4.69, 9.17) is 11.5 Å². The van der Waals surface area contributed by atoms with Crippen LogP contribution in [0.3, 0.4) is 0 Å². The number of hydrogen-bond donors (Lipinski definition) is 2. The van der Waals surface area contributed by atoms with Gasteiger partial charge in [-0.05, 0) is 12.2 Å². The van der Waals surface area contributed by atoms with Crippen molar-refractivity contribution in [3.8, 4) is 0 Å². The summed E-state index contributed by atoms with van der Waals surface area (Å²) in [5, 5.41) is 13.0. The Labute approximate surface area is 159 Å². The van der Waals surface area contributed by atoms with Crippen LogP contribution in [-0.2, 0) is 0 Å². The number of guanidine groups is 1. The van der Waals surface area contributed by atoms with Gasteiger partial charge in [0.05, 0.1) is 6.20 Å². The highest BCUT2D eigenvalue weighted by Crippen LogP contribution is 2.20. The summed E-state index contributed by atoms with van der Waals surface area (Å²) in [6, 6.07) is 0. The van der Waals surface area contributed by atoms with E-state index in [1.807, 2.05) is 0 Å². The molecule has 4 N–H and O–H groups in total. The molecule has 2 aromatic heterocycles. The molecule has 0 saturated heterocycles. The highest BCUT2D eigenvalue weighted by Gasteiger charge is 2.08. The number of unbranched alkanes of at least 4 members (excludes halogenated alkanes) is 9. The largest absolute Gasteiger partial charge is 0.370 e. The molecule has 0 unspecified atom stereocenters. The Morgan fingerprint density at radius 1 is 1.00 bits per heavy atom. The first kappa shape index (κ1) is 20.4. The number of nitrogens with zero attached hydrogens (tertiary/aromatic N) is 6. The molecular weight excluding hydrogens is 348 g/mol. The first-order valence-electron chi connectivity index (χ1n) is 9.51. The minimum absolute atomic E-state index is 0.0918. The van der Waals surface area contributed by atoms with Crippen LogP contribution in [0.15, 0.2) is 16.2 Å². The van der Waals surface area contributed by atoms with Crippen LogP contribution < -0.4 is 11.5 Å². The first-order valence-corrected chi connectivity index (χ1v) is 10.5. The number of fused-ring (bicyclic) bond motifs is 1. The van der Waals surface area contributed by atoms with Crippen LogP contribution in [-0.4, -0.2) is 36.5 Å². The van der Waals surface area contributed by atoms with Crippen molar-refractivity contribution in [3.05, 3.63) is 6.20 Å². The molecule has 0 bridgehead atoms. The Balaban J connectivity index is 1.64. The van der Waals surface area contributed by atoms with Gasteiger partial charge in [0.25, 0.3) is 11.7 Å². The van der Waals surface area contributed by atoms with Gasteiger partial charge in [-0.1, -0.05) is 64.7 Å². The van der Waals surface area contributed by atoms with Gasteiger partial charge in [0.2, 0.25) is 0 Å². The average molecular weight is 379 g/mol. The summed E-state index contributed by atoms with van der Waals surface area (Å²) < 4.78 is 1.63. The van der Waals surface area contributed by atoms with E-state index >= 15 is 0 Å². The second-order valence-corrected chi connectivity index (χ2v) is 7.49. The maximum Gasteiger partial charge on any atom is 0.289 e. The maximum atomic E-state index is 5.35. The Bertz CT molecular complexity index is 680. The third-order valence-electron chi connectivity index (χ3n) is 4.08. The lowest BCUT2D eigenvalue weighted by atomic mass is 10.1. The smallest absolute Gasteiger partial charge is 0.289 e. The van der Waals surface area contributed by atoms with E-state index < -0.39 is 0 Å². The third-order valence-corrected chi connectivity index (χ3v) is 5.15. The van der Waals surface area contributed by atoms with E-state index in [-0.39, 0.29) is 11.9 Å². The first-order chi connectivity index (χ1) is 12.7. The molecule has 0 aromatic carbocycles. The van der Waals surface area contributed by atoms with E-state index in [1.54, 1.807) is 22.5 Å². The van der Waals surface area contributed by atoms with E-state index in [9.17, 15) is 0 Å². The molecule has 0 spiro atoms. The van der Waals surface area contributed by atoms with Gasteiger partial charge in [0.15, 0.2) is 5.96 Å². The molecule has 0 aliphatic rings. The molecule has 0 atom stereocenters. The van der Waals surface area contributed by atoms with Crippen LogP contribution >= 0.6 is 11.8 Å². The molecule has 2 heterocycles. The molecule has 144 valence electrons. The van der Waals surface area contributed by atoms with Gasteiger partial charge >= 0.3 is 0 Å². The monoisotopic (exact) mass is 378 g/mol. The molecule has 0 aliphatic carbocycles. The lowest BCUT2D eigenvalue weighted by Gasteiger charge is -2.03. The fourth-order valence-corrected chi connectivity index (χ4v) is 3.64. The van der Waals surface area contributed by atoms with Gasteiger partial charge < -0.3 is 11.5 Å². The summed E-state index contributed by atoms with van der Waals surface area (Å²) in [6.07, 6.45) is 15.2. The number of thioether (sulfide) groups is 1. The van der Waals surface area contributed by atoms with Crippen LogP contribution in [0.4, 0.5) is 5.95 Å². The van der Waals surface area contributed by atoms with Crippen molar-refractivity contribution in [1.29, 1.82) is 0 Å². The number of rotatable bonds is 13. The maximum absolute atomic E-state index is 5.35. The zero-order valence-corrected chi connectivity index (χ0v) is 16.4. The van der Waals surface area contributed by atoms with Crippen LogP contribution in [0.5, 0.6) is 0 Å². The molecule has 26 heavy (non-hydrogen) atoms. The molecule has 0 radical (unpaired) electrons. The van der Waals surface area contributed by atoms with Crippen LogP contribution in [0.1, 0.15) is 71.1 Å². The van der Waals surface area contributed by atoms with Crippen molar-refractivity contribution in [3.63, 3.8) is 0 Å². The van der Waals surface area contributed by atoms with Crippen molar-refractivity contribution in [2.75, 3.05) is 5.75 Å². The molecular formula is C17H30N8S. The summed E-state index contributed by atoms with van der Waals surface area (Å²) >= 11 is 1.72. The van der Waals surface area contributed by atoms with E-state index in [2.05, 4.69) is 32.2 Å². The minimum atomic E-state index is -0.0918. The SMILES string of the molecule is CCCCCCCCCCCCSc1cnc2nnc(N=C(N)N)nn12. The fourth-order valence-electron chi connectivity index (χ4n) is 2.71. The van der Waals surface area contributed by atoms with Crippen molar-refractivity contribution < 1.29 is 0 Å². The van der Waals surface area contributed by atoms with Gasteiger partial charge in [-0.2, -0.15) is 9.51 Å². The van der Waals surface area contributed by atoms with Gasteiger partial charge in [-0.25, -0.2) is 4.98 Å². The second kappa shape index (κ2) is 11.7. The predicted octanol–water partition coefficient (Wildman–Crippen LogP) is 3.44.